The molecule has 2 nitrogen and oxygen atoms in total. The number of ether oxygens (including phenoxy) is 1. The molecule has 0 aliphatic rings. The fourth-order valence-electron chi connectivity index (χ4n) is 1.61. The molecule has 0 fully saturated rings. The third-order valence-electron chi connectivity index (χ3n) is 2.49. The van der Waals surface area contributed by atoms with Crippen LogP contribution in [0.4, 0.5) is 4.39 Å². The lowest BCUT2D eigenvalue weighted by Crippen LogP contribution is -1.95. The van der Waals surface area contributed by atoms with Crippen LogP contribution >= 0.6 is 58.0 Å². The van der Waals surface area contributed by atoms with E-state index in [-0.39, 0.29) is 42.1 Å². The summed E-state index contributed by atoms with van der Waals surface area (Å²) in [5.41, 5.74) is 0.430. The maximum atomic E-state index is 13.4. The van der Waals surface area contributed by atoms with E-state index in [0.29, 0.717) is 0 Å². The Labute approximate surface area is 139 Å². The molecule has 0 unspecified atom stereocenters. The molecule has 0 bridgehead atoms. The van der Waals surface area contributed by atoms with E-state index >= 15 is 0 Å². The molecule has 1 aromatic heterocycles. The summed E-state index contributed by atoms with van der Waals surface area (Å²) in [5, 5.41) is 0.136. The van der Waals surface area contributed by atoms with Gasteiger partial charge in [0.2, 0.25) is 5.88 Å². The normalized spacial score (nSPS) is 10.8. The molecule has 1 aromatic carbocycles. The summed E-state index contributed by atoms with van der Waals surface area (Å²) in [5.74, 6) is -0.459. The average Bonchev–Trinajstić information content (AvgIpc) is 2.43. The molecule has 0 amide bonds. The number of rotatable bonds is 2. The summed E-state index contributed by atoms with van der Waals surface area (Å²) in [7, 11) is 1.38. The summed E-state index contributed by atoms with van der Waals surface area (Å²) in [4.78, 5) is 3.80. The van der Waals surface area contributed by atoms with Gasteiger partial charge < -0.3 is 4.74 Å². The molecule has 0 N–H and O–H groups in total. The van der Waals surface area contributed by atoms with Crippen molar-refractivity contribution in [2.45, 2.75) is 0 Å². The molecule has 0 saturated carbocycles. The van der Waals surface area contributed by atoms with Crippen molar-refractivity contribution in [1.29, 1.82) is 0 Å². The third kappa shape index (κ3) is 2.66. The molecule has 0 atom stereocenters. The molecule has 1 heterocycles. The van der Waals surface area contributed by atoms with E-state index in [4.69, 9.17) is 62.7 Å². The lowest BCUT2D eigenvalue weighted by Gasteiger charge is -2.14. The number of methoxy groups -OCH3 is 1. The van der Waals surface area contributed by atoms with Crippen molar-refractivity contribution in [2.24, 2.45) is 0 Å². The van der Waals surface area contributed by atoms with Crippen molar-refractivity contribution in [3.8, 4) is 17.0 Å². The largest absolute Gasteiger partial charge is 0.481 e. The highest BCUT2D eigenvalue weighted by Gasteiger charge is 2.23. The second kappa shape index (κ2) is 6.12. The number of halogens is 6. The molecule has 2 aromatic rings. The Hall–Kier alpha value is -0.450. The van der Waals surface area contributed by atoms with Crippen LogP contribution in [-0.2, 0) is 0 Å². The highest BCUT2D eigenvalue weighted by atomic mass is 35.5. The lowest BCUT2D eigenvalue weighted by atomic mass is 10.1. The van der Waals surface area contributed by atoms with Crippen LogP contribution in [0, 0.1) is 5.82 Å². The Morgan fingerprint density at radius 2 is 1.45 bits per heavy atom. The Morgan fingerprint density at radius 3 is 1.95 bits per heavy atom. The molecule has 0 saturated heterocycles. The summed E-state index contributed by atoms with van der Waals surface area (Å²) in [6, 6.07) is 1.17. The summed E-state index contributed by atoms with van der Waals surface area (Å²) < 4.78 is 18.5. The van der Waals surface area contributed by atoms with Gasteiger partial charge in [-0.15, -0.1) is 0 Å². The minimum atomic E-state index is -0.588. The maximum absolute atomic E-state index is 13.4. The second-order valence-corrected chi connectivity index (χ2v) is 5.55. The van der Waals surface area contributed by atoms with E-state index in [1.807, 2.05) is 0 Å². The SMILES string of the molecule is COc1ncc(F)cc1-c1c(Cl)c(Cl)c(Cl)c(Cl)c1Cl. The maximum Gasteiger partial charge on any atom is 0.221 e. The zero-order chi connectivity index (χ0) is 15.0. The minimum absolute atomic E-state index is 0.0176. The van der Waals surface area contributed by atoms with E-state index in [1.54, 1.807) is 0 Å². The molecule has 0 spiro atoms. The number of benzene rings is 1. The molecule has 0 aliphatic heterocycles. The summed E-state index contributed by atoms with van der Waals surface area (Å²) in [6.07, 6.45) is 1.00. The molecule has 0 radical (unpaired) electrons. The number of nitrogens with zero attached hydrogens (tertiary/aromatic N) is 1. The predicted molar refractivity (Wildman–Crippen MR) is 81.2 cm³/mol. The van der Waals surface area contributed by atoms with Crippen molar-refractivity contribution in [1.82, 2.24) is 4.98 Å². The van der Waals surface area contributed by atoms with Crippen LogP contribution in [0.1, 0.15) is 0 Å². The quantitative estimate of drug-likeness (QED) is 0.463. The highest BCUT2D eigenvalue weighted by Crippen LogP contribution is 2.49. The summed E-state index contributed by atoms with van der Waals surface area (Å²) in [6.45, 7) is 0. The molecular weight excluding hydrogens is 370 g/mol. The van der Waals surface area contributed by atoms with Gasteiger partial charge in [-0.25, -0.2) is 9.37 Å². The first-order chi connectivity index (χ1) is 9.38. The zero-order valence-corrected chi connectivity index (χ0v) is 13.6. The van der Waals surface area contributed by atoms with Crippen LogP contribution < -0.4 is 4.74 Å². The highest BCUT2D eigenvalue weighted by molar-refractivity contribution is 6.56. The van der Waals surface area contributed by atoms with E-state index in [1.165, 1.54) is 13.2 Å². The smallest absolute Gasteiger partial charge is 0.221 e. The van der Waals surface area contributed by atoms with Crippen molar-refractivity contribution in [3.05, 3.63) is 43.2 Å². The van der Waals surface area contributed by atoms with Gasteiger partial charge in [-0.05, 0) is 6.07 Å². The van der Waals surface area contributed by atoms with Crippen LogP contribution in [0.2, 0.25) is 25.1 Å². The van der Waals surface area contributed by atoms with Crippen LogP contribution in [-0.4, -0.2) is 12.1 Å². The van der Waals surface area contributed by atoms with Gasteiger partial charge in [0.25, 0.3) is 0 Å². The molecule has 0 aliphatic carbocycles. The Bertz CT molecular complexity index is 663. The summed E-state index contributed by atoms with van der Waals surface area (Å²) >= 11 is 30.1. The fourth-order valence-corrected chi connectivity index (χ4v) is 2.95. The van der Waals surface area contributed by atoms with E-state index in [0.717, 1.165) is 6.20 Å². The Balaban J connectivity index is 2.86. The lowest BCUT2D eigenvalue weighted by molar-refractivity contribution is 0.397. The molecule has 106 valence electrons. The van der Waals surface area contributed by atoms with Crippen molar-refractivity contribution >= 4 is 58.0 Å². The minimum Gasteiger partial charge on any atom is -0.481 e. The van der Waals surface area contributed by atoms with Gasteiger partial charge in [-0.2, -0.15) is 0 Å². The van der Waals surface area contributed by atoms with Crippen LogP contribution in [0.15, 0.2) is 12.3 Å². The van der Waals surface area contributed by atoms with Gasteiger partial charge in [0.1, 0.15) is 5.82 Å². The second-order valence-electron chi connectivity index (χ2n) is 3.66. The molecule has 2 rings (SSSR count). The van der Waals surface area contributed by atoms with Gasteiger partial charge in [0.15, 0.2) is 0 Å². The molecule has 20 heavy (non-hydrogen) atoms. The monoisotopic (exact) mass is 373 g/mol. The van der Waals surface area contributed by atoms with Crippen LogP contribution in [0.3, 0.4) is 0 Å². The fraction of sp³-hybridized carbons (Fsp3) is 0.0833. The first-order valence-corrected chi connectivity index (χ1v) is 6.98. The molecular formula is C12H5Cl5FNO. The number of hydrogen-bond donors (Lipinski definition) is 0. The van der Waals surface area contributed by atoms with E-state index in [9.17, 15) is 4.39 Å². The van der Waals surface area contributed by atoms with Gasteiger partial charge in [0.05, 0.1) is 38.4 Å². The van der Waals surface area contributed by atoms with E-state index in [2.05, 4.69) is 4.98 Å². The number of aromatic nitrogens is 1. The topological polar surface area (TPSA) is 22.1 Å². The van der Waals surface area contributed by atoms with Gasteiger partial charge >= 0.3 is 0 Å². The third-order valence-corrected chi connectivity index (χ3v) is 4.77. The van der Waals surface area contributed by atoms with Crippen molar-refractivity contribution < 1.29 is 9.13 Å². The number of hydrogen-bond acceptors (Lipinski definition) is 2. The molecule has 8 heteroatoms. The van der Waals surface area contributed by atoms with Gasteiger partial charge in [-0.1, -0.05) is 58.0 Å². The van der Waals surface area contributed by atoms with E-state index < -0.39 is 5.82 Å². The van der Waals surface area contributed by atoms with Crippen molar-refractivity contribution in [3.63, 3.8) is 0 Å². The van der Waals surface area contributed by atoms with Gasteiger partial charge in [-0.3, -0.25) is 0 Å². The Kier molecular flexibility index (Phi) is 4.88. The predicted octanol–water partition coefficient (Wildman–Crippen LogP) is 6.16. The standard InChI is InChI=1S/C12H5Cl5FNO/c1-20-12-5(2-4(18)3-19-12)6-7(13)9(15)11(17)10(16)8(6)14/h2-3H,1H3. The number of pyridine rings is 1. The first kappa shape index (κ1) is 15.9. The average molecular weight is 375 g/mol. The first-order valence-electron chi connectivity index (χ1n) is 5.09. The van der Waals surface area contributed by atoms with Crippen LogP contribution in [0.25, 0.3) is 11.1 Å². The van der Waals surface area contributed by atoms with Gasteiger partial charge in [0, 0.05) is 11.1 Å². The zero-order valence-electron chi connectivity index (χ0n) is 9.78. The van der Waals surface area contributed by atoms with Crippen LogP contribution in [0.5, 0.6) is 5.88 Å². The van der Waals surface area contributed by atoms with Crippen molar-refractivity contribution in [2.75, 3.05) is 7.11 Å². The Morgan fingerprint density at radius 1 is 0.950 bits per heavy atom.